The van der Waals surface area contributed by atoms with Crippen LogP contribution in [0.1, 0.15) is 20.8 Å². The van der Waals surface area contributed by atoms with Crippen molar-refractivity contribution >= 4 is 11.6 Å². The third-order valence-corrected chi connectivity index (χ3v) is 3.61. The van der Waals surface area contributed by atoms with Crippen LogP contribution in [0.2, 0.25) is 0 Å². The van der Waals surface area contributed by atoms with Gasteiger partial charge in [0.25, 0.3) is 0 Å². The Labute approximate surface area is 97.4 Å². The summed E-state index contributed by atoms with van der Waals surface area (Å²) in [6.45, 7) is 6.62. The fourth-order valence-corrected chi connectivity index (χ4v) is 2.09. The van der Waals surface area contributed by atoms with E-state index in [1.165, 1.54) is 0 Å². The number of nitrogens with zero attached hydrogens (tertiary/aromatic N) is 1. The lowest BCUT2D eigenvalue weighted by molar-refractivity contribution is 0.295. The zero-order chi connectivity index (χ0) is 11.4. The molecule has 82 valence electrons. The van der Waals surface area contributed by atoms with Crippen LogP contribution in [0.5, 0.6) is 0 Å². The summed E-state index contributed by atoms with van der Waals surface area (Å²) in [5.41, 5.74) is 1.07. The van der Waals surface area contributed by atoms with Crippen molar-refractivity contribution in [2.75, 3.05) is 5.88 Å². The van der Waals surface area contributed by atoms with Crippen molar-refractivity contribution in [2.45, 2.75) is 20.8 Å². The first-order valence-electron chi connectivity index (χ1n) is 5.44. The Morgan fingerprint density at radius 3 is 2.60 bits per heavy atom. The Balaban J connectivity index is 2.83. The first-order chi connectivity index (χ1) is 7.10. The van der Waals surface area contributed by atoms with Crippen LogP contribution in [0.25, 0.3) is 0 Å². The molecule has 0 aromatic heterocycles. The average molecular weight is 224 g/mol. The van der Waals surface area contributed by atoms with Crippen LogP contribution in [0.3, 0.4) is 0 Å². The topological polar surface area (TPSA) is 23.8 Å². The molecule has 0 saturated heterocycles. The highest BCUT2D eigenvalue weighted by Crippen LogP contribution is 2.32. The number of hydrogen-bond acceptors (Lipinski definition) is 1. The molecule has 0 heterocycles. The molecule has 0 bridgehead atoms. The summed E-state index contributed by atoms with van der Waals surface area (Å²) < 4.78 is 0. The quantitative estimate of drug-likeness (QED) is 0.669. The van der Waals surface area contributed by atoms with Crippen molar-refractivity contribution in [2.24, 2.45) is 23.7 Å². The molecule has 0 aliphatic heterocycles. The van der Waals surface area contributed by atoms with Crippen LogP contribution in [-0.4, -0.2) is 5.88 Å². The zero-order valence-electron chi connectivity index (χ0n) is 9.57. The minimum atomic E-state index is -0.0128. The van der Waals surface area contributed by atoms with Gasteiger partial charge in [0, 0.05) is 5.88 Å². The van der Waals surface area contributed by atoms with E-state index < -0.39 is 0 Å². The molecular formula is C13H18ClN. The number of alkyl halides is 1. The van der Waals surface area contributed by atoms with E-state index in [0.29, 0.717) is 23.6 Å². The standard InChI is InChI=1S/C13H18ClN/c1-9(2)10(3)13-5-4-11(7-14)6-12(13)8-15/h4-6,9-10,12-13H,7H2,1-3H3. The highest BCUT2D eigenvalue weighted by Gasteiger charge is 2.27. The minimum absolute atomic E-state index is 0.0128. The van der Waals surface area contributed by atoms with Crippen molar-refractivity contribution in [1.29, 1.82) is 5.26 Å². The van der Waals surface area contributed by atoms with E-state index >= 15 is 0 Å². The summed E-state index contributed by atoms with van der Waals surface area (Å²) in [5.74, 6) is 1.95. The smallest absolute Gasteiger partial charge is 0.0714 e. The van der Waals surface area contributed by atoms with Gasteiger partial charge in [0.2, 0.25) is 0 Å². The molecule has 15 heavy (non-hydrogen) atoms. The maximum absolute atomic E-state index is 9.13. The summed E-state index contributed by atoms with van der Waals surface area (Å²) in [5, 5.41) is 9.13. The lowest BCUT2D eigenvalue weighted by atomic mass is 9.75. The molecule has 0 spiro atoms. The Morgan fingerprint density at radius 2 is 2.13 bits per heavy atom. The van der Waals surface area contributed by atoms with E-state index in [0.717, 1.165) is 5.57 Å². The summed E-state index contributed by atoms with van der Waals surface area (Å²) in [4.78, 5) is 0. The van der Waals surface area contributed by atoms with Gasteiger partial charge in [-0.15, -0.1) is 11.6 Å². The molecule has 0 amide bonds. The van der Waals surface area contributed by atoms with Gasteiger partial charge in [-0.1, -0.05) is 39.0 Å². The van der Waals surface area contributed by atoms with E-state index in [1.807, 2.05) is 6.08 Å². The number of nitriles is 1. The van der Waals surface area contributed by atoms with Gasteiger partial charge in [0.1, 0.15) is 0 Å². The minimum Gasteiger partial charge on any atom is -0.198 e. The molecule has 1 rings (SSSR count). The van der Waals surface area contributed by atoms with E-state index in [-0.39, 0.29) is 5.92 Å². The maximum Gasteiger partial charge on any atom is 0.0714 e. The lowest BCUT2D eigenvalue weighted by Crippen LogP contribution is -2.23. The second-order valence-corrected chi connectivity index (χ2v) is 4.84. The van der Waals surface area contributed by atoms with E-state index in [4.69, 9.17) is 16.9 Å². The van der Waals surface area contributed by atoms with E-state index in [9.17, 15) is 0 Å². The fourth-order valence-electron chi connectivity index (χ4n) is 1.91. The Hall–Kier alpha value is -0.740. The van der Waals surface area contributed by atoms with Crippen LogP contribution < -0.4 is 0 Å². The van der Waals surface area contributed by atoms with Crippen LogP contribution >= 0.6 is 11.6 Å². The van der Waals surface area contributed by atoms with Crippen molar-refractivity contribution in [3.05, 3.63) is 23.8 Å². The molecule has 2 heteroatoms. The molecule has 0 aromatic rings. The number of rotatable bonds is 3. The van der Waals surface area contributed by atoms with Gasteiger partial charge < -0.3 is 0 Å². The molecule has 1 aliphatic rings. The van der Waals surface area contributed by atoms with Crippen LogP contribution in [-0.2, 0) is 0 Å². The van der Waals surface area contributed by atoms with Gasteiger partial charge in [-0.05, 0) is 23.3 Å². The molecule has 3 unspecified atom stereocenters. The van der Waals surface area contributed by atoms with E-state index in [1.54, 1.807) is 0 Å². The first kappa shape index (κ1) is 12.3. The lowest BCUT2D eigenvalue weighted by Gasteiger charge is -2.29. The summed E-state index contributed by atoms with van der Waals surface area (Å²) >= 11 is 5.76. The van der Waals surface area contributed by atoms with Crippen LogP contribution in [0.15, 0.2) is 23.8 Å². The zero-order valence-corrected chi connectivity index (χ0v) is 10.3. The largest absolute Gasteiger partial charge is 0.198 e. The van der Waals surface area contributed by atoms with Gasteiger partial charge in [0.05, 0.1) is 12.0 Å². The monoisotopic (exact) mass is 223 g/mol. The molecule has 0 radical (unpaired) electrons. The fraction of sp³-hybridized carbons (Fsp3) is 0.615. The van der Waals surface area contributed by atoms with Crippen LogP contribution in [0.4, 0.5) is 0 Å². The van der Waals surface area contributed by atoms with Gasteiger partial charge in [-0.2, -0.15) is 5.26 Å². The molecule has 1 aliphatic carbocycles. The summed E-state index contributed by atoms with van der Waals surface area (Å²) in [6, 6.07) is 2.37. The first-order valence-corrected chi connectivity index (χ1v) is 5.98. The van der Waals surface area contributed by atoms with Crippen molar-refractivity contribution in [3.8, 4) is 6.07 Å². The van der Waals surface area contributed by atoms with Gasteiger partial charge in [-0.25, -0.2) is 0 Å². The molecular weight excluding hydrogens is 206 g/mol. The normalized spacial score (nSPS) is 27.3. The maximum atomic E-state index is 9.13. The van der Waals surface area contributed by atoms with E-state index in [2.05, 4.69) is 39.0 Å². The van der Waals surface area contributed by atoms with Gasteiger partial charge in [0.15, 0.2) is 0 Å². The number of hydrogen-bond donors (Lipinski definition) is 0. The summed E-state index contributed by atoms with van der Waals surface area (Å²) in [7, 11) is 0. The number of halogens is 1. The Kier molecular flexibility index (Phi) is 4.42. The summed E-state index contributed by atoms with van der Waals surface area (Å²) in [6.07, 6.45) is 6.22. The van der Waals surface area contributed by atoms with Gasteiger partial charge >= 0.3 is 0 Å². The SMILES string of the molecule is CC(C)C(C)C1C=CC(CCl)=CC1C#N. The van der Waals surface area contributed by atoms with Crippen molar-refractivity contribution in [1.82, 2.24) is 0 Å². The molecule has 3 atom stereocenters. The molecule has 0 fully saturated rings. The van der Waals surface area contributed by atoms with Gasteiger partial charge in [-0.3, -0.25) is 0 Å². The Morgan fingerprint density at radius 1 is 1.47 bits per heavy atom. The third kappa shape index (κ3) is 2.86. The predicted molar refractivity (Wildman–Crippen MR) is 64.5 cm³/mol. The Bertz CT molecular complexity index is 309. The third-order valence-electron chi connectivity index (χ3n) is 3.30. The van der Waals surface area contributed by atoms with Crippen molar-refractivity contribution in [3.63, 3.8) is 0 Å². The second kappa shape index (κ2) is 5.37. The van der Waals surface area contributed by atoms with Crippen LogP contribution in [0, 0.1) is 35.0 Å². The second-order valence-electron chi connectivity index (χ2n) is 4.57. The molecule has 0 aromatic carbocycles. The predicted octanol–water partition coefficient (Wildman–Crippen LogP) is 3.77. The molecule has 1 nitrogen and oxygen atoms in total. The highest BCUT2D eigenvalue weighted by molar-refractivity contribution is 6.19. The molecule has 0 saturated carbocycles. The highest BCUT2D eigenvalue weighted by atomic mass is 35.5. The van der Waals surface area contributed by atoms with Crippen molar-refractivity contribution < 1.29 is 0 Å². The average Bonchev–Trinajstić information content (AvgIpc) is 2.27. The molecule has 0 N–H and O–H groups in total. The number of allylic oxidation sites excluding steroid dienone is 4.